The molecule has 2 N–H and O–H groups in total. The first-order valence-electron chi connectivity index (χ1n) is 5.47. The number of aromatic amines is 1. The molecule has 0 amide bonds. The zero-order valence-corrected chi connectivity index (χ0v) is 10.3. The second-order valence-corrected chi connectivity index (χ2v) is 4.40. The number of aromatic carboxylic acids is 1. The van der Waals surface area contributed by atoms with Gasteiger partial charge in [-0.15, -0.1) is 0 Å². The minimum Gasteiger partial charge on any atom is -0.477 e. The van der Waals surface area contributed by atoms with Gasteiger partial charge >= 0.3 is 5.97 Å². The number of nitrogens with one attached hydrogen (secondary N) is 1. The van der Waals surface area contributed by atoms with Crippen LogP contribution in [0.3, 0.4) is 0 Å². The highest BCUT2D eigenvalue weighted by atomic mass is 35.5. The van der Waals surface area contributed by atoms with E-state index in [9.17, 15) is 4.79 Å². The maximum Gasteiger partial charge on any atom is 0.354 e. The number of hydrogen-bond donors (Lipinski definition) is 2. The Morgan fingerprint density at radius 1 is 1.26 bits per heavy atom. The topological polar surface area (TPSA) is 78.9 Å². The van der Waals surface area contributed by atoms with Crippen molar-refractivity contribution in [3.63, 3.8) is 0 Å². The number of nitrogens with zero attached hydrogens (tertiary/aromatic N) is 2. The standard InChI is InChI=1S/C13H8ClN3O2/c14-9-4-8(3-7-1-2-15-12(7)9)10-5-11(13(18)19)17-6-16-10/h1-6,15H,(H,18,19). The van der Waals surface area contributed by atoms with Gasteiger partial charge < -0.3 is 10.1 Å². The highest BCUT2D eigenvalue weighted by molar-refractivity contribution is 6.35. The van der Waals surface area contributed by atoms with Crippen molar-refractivity contribution >= 4 is 28.5 Å². The normalized spacial score (nSPS) is 10.8. The number of halogens is 1. The first-order chi connectivity index (χ1) is 9.15. The number of carbonyl (C=O) groups is 1. The number of benzene rings is 1. The SMILES string of the molecule is O=C(O)c1cc(-c2cc(Cl)c3[nH]ccc3c2)ncn1. The van der Waals surface area contributed by atoms with E-state index in [2.05, 4.69) is 15.0 Å². The van der Waals surface area contributed by atoms with Gasteiger partial charge in [-0.25, -0.2) is 14.8 Å². The third-order valence-electron chi connectivity index (χ3n) is 2.79. The molecular formula is C13H8ClN3O2. The van der Waals surface area contributed by atoms with Crippen molar-refractivity contribution in [2.45, 2.75) is 0 Å². The Bertz CT molecular complexity index is 782. The molecule has 6 heteroatoms. The molecule has 2 aromatic heterocycles. The molecule has 0 saturated heterocycles. The largest absolute Gasteiger partial charge is 0.477 e. The fourth-order valence-electron chi connectivity index (χ4n) is 1.91. The third kappa shape index (κ3) is 2.04. The van der Waals surface area contributed by atoms with Gasteiger partial charge in [0.05, 0.1) is 16.2 Å². The van der Waals surface area contributed by atoms with Crippen LogP contribution in [0, 0.1) is 0 Å². The van der Waals surface area contributed by atoms with Gasteiger partial charge in [-0.3, -0.25) is 0 Å². The number of carboxylic acid groups (broad SMARTS) is 1. The van der Waals surface area contributed by atoms with E-state index >= 15 is 0 Å². The predicted molar refractivity (Wildman–Crippen MR) is 71.3 cm³/mol. The first kappa shape index (κ1) is 11.7. The maximum absolute atomic E-state index is 10.9. The molecule has 0 fully saturated rings. The highest BCUT2D eigenvalue weighted by Crippen LogP contribution is 2.29. The van der Waals surface area contributed by atoms with Crippen LogP contribution >= 0.6 is 11.6 Å². The van der Waals surface area contributed by atoms with Gasteiger partial charge in [0.25, 0.3) is 0 Å². The molecule has 0 aliphatic rings. The summed E-state index contributed by atoms with van der Waals surface area (Å²) >= 11 is 6.16. The number of hydrogen-bond acceptors (Lipinski definition) is 3. The second-order valence-electron chi connectivity index (χ2n) is 3.99. The smallest absolute Gasteiger partial charge is 0.354 e. The van der Waals surface area contributed by atoms with Crippen LogP contribution in [0.1, 0.15) is 10.5 Å². The van der Waals surface area contributed by atoms with Crippen molar-refractivity contribution in [2.24, 2.45) is 0 Å². The molecule has 0 bridgehead atoms. The number of carboxylic acids is 1. The van der Waals surface area contributed by atoms with E-state index in [-0.39, 0.29) is 5.69 Å². The summed E-state index contributed by atoms with van der Waals surface area (Å²) in [5.74, 6) is -1.09. The average molecular weight is 274 g/mol. The molecule has 0 aliphatic heterocycles. The zero-order chi connectivity index (χ0) is 13.4. The lowest BCUT2D eigenvalue weighted by atomic mass is 10.1. The lowest BCUT2D eigenvalue weighted by Crippen LogP contribution is -2.01. The van der Waals surface area contributed by atoms with Crippen molar-refractivity contribution in [1.82, 2.24) is 15.0 Å². The summed E-state index contributed by atoms with van der Waals surface area (Å²) in [6.45, 7) is 0. The fraction of sp³-hybridized carbons (Fsp3) is 0. The molecule has 0 aliphatic carbocycles. The second kappa shape index (κ2) is 4.37. The summed E-state index contributed by atoms with van der Waals surface area (Å²) in [6.07, 6.45) is 3.02. The Labute approximate surface area is 112 Å². The minimum atomic E-state index is -1.09. The summed E-state index contributed by atoms with van der Waals surface area (Å²) in [5.41, 5.74) is 2.08. The summed E-state index contributed by atoms with van der Waals surface area (Å²) in [5, 5.41) is 10.4. The van der Waals surface area contributed by atoms with E-state index in [0.29, 0.717) is 10.7 Å². The molecule has 3 aromatic rings. The van der Waals surface area contributed by atoms with E-state index in [1.54, 1.807) is 12.3 Å². The number of H-pyrrole nitrogens is 1. The quantitative estimate of drug-likeness (QED) is 0.752. The molecule has 19 heavy (non-hydrogen) atoms. The van der Waals surface area contributed by atoms with E-state index in [4.69, 9.17) is 16.7 Å². The summed E-state index contributed by atoms with van der Waals surface area (Å²) in [4.78, 5) is 21.7. The Hall–Kier alpha value is -2.40. The Morgan fingerprint density at radius 2 is 2.11 bits per heavy atom. The first-order valence-corrected chi connectivity index (χ1v) is 5.85. The van der Waals surface area contributed by atoms with Gasteiger partial charge in [0.1, 0.15) is 6.33 Å². The van der Waals surface area contributed by atoms with Gasteiger partial charge in [-0.05, 0) is 24.3 Å². The summed E-state index contributed by atoms with van der Waals surface area (Å²) < 4.78 is 0. The molecule has 0 spiro atoms. The van der Waals surface area contributed by atoms with E-state index in [1.165, 1.54) is 12.4 Å². The number of fused-ring (bicyclic) bond motifs is 1. The lowest BCUT2D eigenvalue weighted by Gasteiger charge is -2.03. The van der Waals surface area contributed by atoms with Crippen LogP contribution in [0.15, 0.2) is 36.8 Å². The molecule has 94 valence electrons. The van der Waals surface area contributed by atoms with Crippen LogP contribution < -0.4 is 0 Å². The van der Waals surface area contributed by atoms with Crippen molar-refractivity contribution in [2.75, 3.05) is 0 Å². The average Bonchev–Trinajstić information content (AvgIpc) is 2.87. The number of rotatable bonds is 2. The summed E-state index contributed by atoms with van der Waals surface area (Å²) in [6, 6.07) is 6.95. The molecular weight excluding hydrogens is 266 g/mol. The molecule has 5 nitrogen and oxygen atoms in total. The molecule has 2 heterocycles. The summed E-state index contributed by atoms with van der Waals surface area (Å²) in [7, 11) is 0. The third-order valence-corrected chi connectivity index (χ3v) is 3.09. The van der Waals surface area contributed by atoms with Crippen molar-refractivity contribution in [3.05, 3.63) is 47.5 Å². The van der Waals surface area contributed by atoms with Crippen LogP contribution in [0.25, 0.3) is 22.2 Å². The van der Waals surface area contributed by atoms with Gasteiger partial charge in [0, 0.05) is 17.1 Å². The Balaban J connectivity index is 2.18. The maximum atomic E-state index is 10.9. The van der Waals surface area contributed by atoms with Crippen molar-refractivity contribution in [3.8, 4) is 11.3 Å². The van der Waals surface area contributed by atoms with Crippen LogP contribution in [-0.2, 0) is 0 Å². The molecule has 0 radical (unpaired) electrons. The lowest BCUT2D eigenvalue weighted by molar-refractivity contribution is 0.0690. The van der Waals surface area contributed by atoms with Gasteiger partial charge in [-0.1, -0.05) is 11.6 Å². The molecule has 3 rings (SSSR count). The Morgan fingerprint density at radius 3 is 2.89 bits per heavy atom. The van der Waals surface area contributed by atoms with E-state index in [1.807, 2.05) is 12.1 Å². The van der Waals surface area contributed by atoms with E-state index in [0.717, 1.165) is 16.5 Å². The van der Waals surface area contributed by atoms with Crippen LogP contribution in [0.5, 0.6) is 0 Å². The Kier molecular flexibility index (Phi) is 2.68. The molecule has 0 saturated carbocycles. The molecule has 1 aromatic carbocycles. The van der Waals surface area contributed by atoms with Crippen LogP contribution in [-0.4, -0.2) is 26.0 Å². The molecule has 0 unspecified atom stereocenters. The molecule has 0 atom stereocenters. The van der Waals surface area contributed by atoms with Gasteiger partial charge in [0.15, 0.2) is 5.69 Å². The van der Waals surface area contributed by atoms with E-state index < -0.39 is 5.97 Å². The minimum absolute atomic E-state index is 0.0460. The van der Waals surface area contributed by atoms with Gasteiger partial charge in [0.2, 0.25) is 0 Å². The van der Waals surface area contributed by atoms with Crippen molar-refractivity contribution < 1.29 is 9.90 Å². The zero-order valence-electron chi connectivity index (χ0n) is 9.59. The van der Waals surface area contributed by atoms with Crippen LogP contribution in [0.2, 0.25) is 5.02 Å². The number of aromatic nitrogens is 3. The van der Waals surface area contributed by atoms with Crippen LogP contribution in [0.4, 0.5) is 0 Å². The van der Waals surface area contributed by atoms with Gasteiger partial charge in [-0.2, -0.15) is 0 Å². The predicted octanol–water partition coefficient (Wildman–Crippen LogP) is 2.98. The van der Waals surface area contributed by atoms with Crippen molar-refractivity contribution in [1.29, 1.82) is 0 Å². The highest BCUT2D eigenvalue weighted by Gasteiger charge is 2.10. The fourth-order valence-corrected chi connectivity index (χ4v) is 2.19. The monoisotopic (exact) mass is 273 g/mol.